The topological polar surface area (TPSA) is 84.5 Å². The Balaban J connectivity index is 1.13. The van der Waals surface area contributed by atoms with Crippen molar-refractivity contribution in [3.63, 3.8) is 0 Å². The van der Waals surface area contributed by atoms with Gasteiger partial charge in [-0.05, 0) is 67.3 Å². The first-order chi connectivity index (χ1) is 14.0. The lowest BCUT2D eigenvalue weighted by atomic mass is 9.49. The largest absolute Gasteiger partial charge is 0.454 e. The Morgan fingerprint density at radius 3 is 2.14 bits per heavy atom. The third-order valence-corrected chi connectivity index (χ3v) is 6.83. The summed E-state index contributed by atoms with van der Waals surface area (Å²) < 4.78 is 4.97. The van der Waals surface area contributed by atoms with Crippen molar-refractivity contribution in [1.82, 2.24) is 10.6 Å². The highest BCUT2D eigenvalue weighted by Crippen LogP contribution is 2.61. The first-order valence-corrected chi connectivity index (χ1v) is 10.7. The van der Waals surface area contributed by atoms with Gasteiger partial charge in [0.15, 0.2) is 6.61 Å². The van der Waals surface area contributed by atoms with Crippen molar-refractivity contribution in [2.75, 3.05) is 13.2 Å². The van der Waals surface area contributed by atoms with E-state index in [1.54, 1.807) is 0 Å². The fourth-order valence-corrected chi connectivity index (χ4v) is 6.12. The lowest BCUT2D eigenvalue weighted by molar-refractivity contribution is -0.148. The highest BCUT2D eigenvalue weighted by Gasteiger charge is 2.51. The van der Waals surface area contributed by atoms with Crippen molar-refractivity contribution in [3.05, 3.63) is 35.9 Å². The van der Waals surface area contributed by atoms with E-state index in [4.69, 9.17) is 4.74 Å². The van der Waals surface area contributed by atoms with E-state index in [-0.39, 0.29) is 30.4 Å². The van der Waals surface area contributed by atoms with Crippen LogP contribution < -0.4 is 10.6 Å². The van der Waals surface area contributed by atoms with E-state index < -0.39 is 5.97 Å². The quantitative estimate of drug-likeness (QED) is 0.659. The molecule has 1 aromatic carbocycles. The van der Waals surface area contributed by atoms with Gasteiger partial charge in [0.1, 0.15) is 6.54 Å². The van der Waals surface area contributed by atoms with Crippen LogP contribution in [0.2, 0.25) is 0 Å². The monoisotopic (exact) mass is 398 g/mol. The highest BCUT2D eigenvalue weighted by molar-refractivity contribution is 5.84. The second-order valence-corrected chi connectivity index (χ2v) is 9.29. The molecule has 4 saturated carbocycles. The zero-order chi connectivity index (χ0) is 20.3. The maximum atomic E-state index is 12.4. The molecule has 0 radical (unpaired) electrons. The van der Waals surface area contributed by atoms with E-state index in [1.165, 1.54) is 38.5 Å². The average molecular weight is 399 g/mol. The van der Waals surface area contributed by atoms with Gasteiger partial charge in [-0.25, -0.2) is 0 Å². The summed E-state index contributed by atoms with van der Waals surface area (Å²) in [5, 5.41) is 5.40. The van der Waals surface area contributed by atoms with Gasteiger partial charge in [-0.2, -0.15) is 0 Å². The number of nitrogens with one attached hydrogen (secondary N) is 2. The van der Waals surface area contributed by atoms with Crippen LogP contribution >= 0.6 is 0 Å². The number of carbonyl (C=O) groups excluding carboxylic acids is 3. The molecule has 0 unspecified atom stereocenters. The van der Waals surface area contributed by atoms with E-state index in [0.717, 1.165) is 23.3 Å². The molecule has 6 heteroatoms. The Morgan fingerprint density at radius 2 is 1.52 bits per heavy atom. The van der Waals surface area contributed by atoms with Crippen LogP contribution in [0, 0.1) is 23.2 Å². The summed E-state index contributed by atoms with van der Waals surface area (Å²) in [5.41, 5.74) is 1.13. The Morgan fingerprint density at radius 1 is 0.897 bits per heavy atom. The van der Waals surface area contributed by atoms with Crippen LogP contribution in [0.3, 0.4) is 0 Å². The van der Waals surface area contributed by atoms with E-state index in [1.807, 2.05) is 30.3 Å². The van der Waals surface area contributed by atoms with Crippen LogP contribution in [0.1, 0.15) is 50.5 Å². The Labute approximate surface area is 171 Å². The van der Waals surface area contributed by atoms with Gasteiger partial charge in [0.25, 0.3) is 5.91 Å². The van der Waals surface area contributed by atoms with Gasteiger partial charge < -0.3 is 15.4 Å². The lowest BCUT2D eigenvalue weighted by Gasteiger charge is -2.56. The molecule has 2 amide bonds. The van der Waals surface area contributed by atoms with Crippen LogP contribution in [0.15, 0.2) is 30.3 Å². The molecule has 0 aliphatic heterocycles. The molecule has 29 heavy (non-hydrogen) atoms. The van der Waals surface area contributed by atoms with E-state index in [9.17, 15) is 14.4 Å². The van der Waals surface area contributed by atoms with E-state index >= 15 is 0 Å². The van der Waals surface area contributed by atoms with E-state index in [2.05, 4.69) is 10.6 Å². The molecule has 4 bridgehead atoms. The van der Waals surface area contributed by atoms with Crippen molar-refractivity contribution in [2.45, 2.75) is 51.5 Å². The molecule has 0 saturated heterocycles. The summed E-state index contributed by atoms with van der Waals surface area (Å²) in [4.78, 5) is 36.1. The minimum absolute atomic E-state index is 0.0718. The molecule has 6 nitrogen and oxygen atoms in total. The molecule has 156 valence electrons. The fraction of sp³-hybridized carbons (Fsp3) is 0.609. The predicted octanol–water partition coefficient (Wildman–Crippen LogP) is 2.57. The highest BCUT2D eigenvalue weighted by atomic mass is 16.5. The molecule has 0 atom stereocenters. The Bertz CT molecular complexity index is 726. The third-order valence-electron chi connectivity index (χ3n) is 6.83. The summed E-state index contributed by atoms with van der Waals surface area (Å²) in [6, 6.07) is 9.52. The van der Waals surface area contributed by atoms with Gasteiger partial charge in [0.05, 0.1) is 0 Å². The smallest absolute Gasteiger partial charge is 0.325 e. The first kappa shape index (κ1) is 19.9. The van der Waals surface area contributed by atoms with Crippen LogP contribution in [0.4, 0.5) is 0 Å². The van der Waals surface area contributed by atoms with Crippen LogP contribution in [0.5, 0.6) is 0 Å². The maximum absolute atomic E-state index is 12.4. The Kier molecular flexibility index (Phi) is 5.88. The van der Waals surface area contributed by atoms with Crippen molar-refractivity contribution in [2.24, 2.45) is 23.2 Å². The molecular weight excluding hydrogens is 368 g/mol. The van der Waals surface area contributed by atoms with Gasteiger partial charge in [-0.3, -0.25) is 14.4 Å². The van der Waals surface area contributed by atoms with E-state index in [0.29, 0.717) is 13.0 Å². The summed E-state index contributed by atoms with van der Waals surface area (Å²) >= 11 is 0. The lowest BCUT2D eigenvalue weighted by Crippen LogP contribution is -2.48. The number of amides is 2. The number of ether oxygens (including phenoxy) is 1. The SMILES string of the molecule is O=C(COC(=O)CNC(=O)CC12CC3CC(CC(C3)C1)C2)NCc1ccccc1. The number of rotatable bonds is 8. The molecule has 5 rings (SSSR count). The molecule has 2 N–H and O–H groups in total. The fourth-order valence-electron chi connectivity index (χ4n) is 6.12. The third kappa shape index (κ3) is 5.17. The molecule has 0 heterocycles. The predicted molar refractivity (Wildman–Crippen MR) is 107 cm³/mol. The molecule has 1 aromatic rings. The second kappa shape index (κ2) is 8.56. The summed E-state index contributed by atoms with van der Waals surface area (Å²) in [5.74, 6) is 1.38. The molecule has 4 aliphatic carbocycles. The number of benzene rings is 1. The molecule has 4 aliphatic rings. The first-order valence-electron chi connectivity index (χ1n) is 10.7. The summed E-state index contributed by atoms with van der Waals surface area (Å²) in [6.45, 7) is -0.132. The molecule has 4 fully saturated rings. The van der Waals surface area contributed by atoms with Crippen molar-refractivity contribution in [3.8, 4) is 0 Å². The molecule has 0 spiro atoms. The zero-order valence-corrected chi connectivity index (χ0v) is 16.8. The summed E-state index contributed by atoms with van der Waals surface area (Å²) in [6.07, 6.45) is 8.05. The standard InChI is InChI=1S/C23H30N2O4/c26-20(12-23-9-17-6-18(10-23)8-19(7-17)11-23)25-14-22(28)29-15-21(27)24-13-16-4-2-1-3-5-16/h1-5,17-19H,6-15H2,(H,24,27)(H,25,26). The average Bonchev–Trinajstić information content (AvgIpc) is 2.68. The van der Waals surface area contributed by atoms with Crippen LogP contribution in [-0.4, -0.2) is 30.9 Å². The summed E-state index contributed by atoms with van der Waals surface area (Å²) in [7, 11) is 0. The molecular formula is C23H30N2O4. The number of hydrogen-bond donors (Lipinski definition) is 2. The molecule has 0 aromatic heterocycles. The normalized spacial score (nSPS) is 29.3. The second-order valence-electron chi connectivity index (χ2n) is 9.29. The van der Waals surface area contributed by atoms with Gasteiger partial charge >= 0.3 is 5.97 Å². The van der Waals surface area contributed by atoms with Crippen LogP contribution in [-0.2, 0) is 25.7 Å². The number of hydrogen-bond acceptors (Lipinski definition) is 4. The number of esters is 1. The van der Waals surface area contributed by atoms with Crippen molar-refractivity contribution >= 4 is 17.8 Å². The van der Waals surface area contributed by atoms with Gasteiger partial charge in [-0.1, -0.05) is 30.3 Å². The van der Waals surface area contributed by atoms with Gasteiger partial charge in [0.2, 0.25) is 5.91 Å². The van der Waals surface area contributed by atoms with Crippen LogP contribution in [0.25, 0.3) is 0 Å². The Hall–Kier alpha value is -2.37. The zero-order valence-electron chi connectivity index (χ0n) is 16.8. The van der Waals surface area contributed by atoms with Gasteiger partial charge in [-0.15, -0.1) is 0 Å². The van der Waals surface area contributed by atoms with Crippen molar-refractivity contribution in [1.29, 1.82) is 0 Å². The van der Waals surface area contributed by atoms with Crippen molar-refractivity contribution < 1.29 is 19.1 Å². The minimum Gasteiger partial charge on any atom is -0.454 e. The maximum Gasteiger partial charge on any atom is 0.325 e. The minimum atomic E-state index is -0.585. The number of carbonyl (C=O) groups is 3. The van der Waals surface area contributed by atoms with Gasteiger partial charge in [0, 0.05) is 13.0 Å².